The fourth-order valence-electron chi connectivity index (χ4n) is 2.33. The van der Waals surface area contributed by atoms with Gasteiger partial charge in [-0.15, -0.1) is 0 Å². The van der Waals surface area contributed by atoms with Crippen LogP contribution in [0.25, 0.3) is 0 Å². The van der Waals surface area contributed by atoms with Crippen LogP contribution in [-0.4, -0.2) is 87.4 Å². The highest BCUT2D eigenvalue weighted by atomic mass is 19.1. The third-order valence-corrected chi connectivity index (χ3v) is 3.84. The molecule has 0 spiro atoms. The molecule has 2 amide bonds. The minimum Gasteiger partial charge on any atom is -0.450 e. The smallest absolute Gasteiger partial charge is 0.409 e. The van der Waals surface area contributed by atoms with E-state index in [2.05, 4.69) is 15.6 Å². The average Bonchev–Trinajstić information content (AvgIpc) is 2.60. The van der Waals surface area contributed by atoms with Crippen molar-refractivity contribution in [3.63, 3.8) is 0 Å². The molecule has 0 saturated carbocycles. The summed E-state index contributed by atoms with van der Waals surface area (Å²) in [6.07, 6.45) is 1.60. The van der Waals surface area contributed by atoms with E-state index in [0.29, 0.717) is 38.6 Å². The van der Waals surface area contributed by atoms with E-state index in [1.807, 2.05) is 0 Å². The van der Waals surface area contributed by atoms with Crippen molar-refractivity contribution in [1.82, 2.24) is 20.4 Å². The van der Waals surface area contributed by atoms with E-state index in [-0.39, 0.29) is 24.6 Å². The molecule has 2 N–H and O–H groups in total. The van der Waals surface area contributed by atoms with Crippen molar-refractivity contribution in [1.29, 1.82) is 0 Å². The van der Waals surface area contributed by atoms with Crippen molar-refractivity contribution in [2.24, 2.45) is 4.99 Å². The molecule has 1 heterocycles. The van der Waals surface area contributed by atoms with Crippen LogP contribution in [0.4, 0.5) is 9.18 Å². The van der Waals surface area contributed by atoms with Gasteiger partial charge in [0.05, 0.1) is 13.3 Å². The second kappa shape index (κ2) is 11.5. The van der Waals surface area contributed by atoms with Crippen molar-refractivity contribution in [3.05, 3.63) is 0 Å². The van der Waals surface area contributed by atoms with Gasteiger partial charge in [-0.25, -0.2) is 9.79 Å². The molecular weight excluding hydrogens is 329 g/mol. The third kappa shape index (κ3) is 8.04. The van der Waals surface area contributed by atoms with Crippen LogP contribution in [-0.2, 0) is 9.53 Å². The minimum atomic E-state index is -0.408. The summed E-state index contributed by atoms with van der Waals surface area (Å²) in [5.74, 6) is 0.391. The number of guanidine groups is 1. The number of carbonyl (C=O) groups is 2. The Balaban J connectivity index is 2.52. The Morgan fingerprint density at radius 2 is 2.00 bits per heavy atom. The highest BCUT2D eigenvalue weighted by Gasteiger charge is 2.24. The van der Waals surface area contributed by atoms with E-state index in [4.69, 9.17) is 4.74 Å². The predicted molar refractivity (Wildman–Crippen MR) is 94.3 cm³/mol. The van der Waals surface area contributed by atoms with Crippen LogP contribution in [0.2, 0.25) is 0 Å². The van der Waals surface area contributed by atoms with Gasteiger partial charge >= 0.3 is 6.09 Å². The number of aliphatic imine (C=N–C) groups is 1. The molecule has 1 aliphatic rings. The average molecular weight is 359 g/mol. The summed E-state index contributed by atoms with van der Waals surface area (Å²) in [4.78, 5) is 30.8. The van der Waals surface area contributed by atoms with Gasteiger partial charge in [-0.3, -0.25) is 9.18 Å². The number of rotatable bonds is 7. The zero-order valence-corrected chi connectivity index (χ0v) is 15.4. The predicted octanol–water partition coefficient (Wildman–Crippen LogP) is 0.590. The summed E-state index contributed by atoms with van der Waals surface area (Å²) in [5.41, 5.74) is 0. The van der Waals surface area contributed by atoms with Gasteiger partial charge in [0, 0.05) is 39.8 Å². The van der Waals surface area contributed by atoms with Crippen molar-refractivity contribution < 1.29 is 18.7 Å². The molecule has 1 saturated heterocycles. The molecule has 0 aliphatic carbocycles. The monoisotopic (exact) mass is 359 g/mol. The van der Waals surface area contributed by atoms with E-state index >= 15 is 0 Å². The first kappa shape index (κ1) is 21.0. The van der Waals surface area contributed by atoms with Gasteiger partial charge in [0.15, 0.2) is 5.96 Å². The second-order valence-electron chi connectivity index (χ2n) is 6.03. The van der Waals surface area contributed by atoms with Crippen molar-refractivity contribution in [3.8, 4) is 0 Å². The van der Waals surface area contributed by atoms with Gasteiger partial charge in [-0.2, -0.15) is 0 Å². The molecule has 0 radical (unpaired) electrons. The summed E-state index contributed by atoms with van der Waals surface area (Å²) in [5, 5.41) is 6.31. The Bertz CT molecular complexity index is 451. The second-order valence-corrected chi connectivity index (χ2v) is 6.03. The lowest BCUT2D eigenvalue weighted by Crippen LogP contribution is -2.50. The lowest BCUT2D eigenvalue weighted by atomic mass is 10.1. The first-order valence-corrected chi connectivity index (χ1v) is 8.70. The van der Waals surface area contributed by atoms with Crippen LogP contribution in [0.5, 0.6) is 0 Å². The lowest BCUT2D eigenvalue weighted by molar-refractivity contribution is -0.127. The summed E-state index contributed by atoms with van der Waals surface area (Å²) in [7, 11) is 3.35. The molecule has 1 fully saturated rings. The van der Waals surface area contributed by atoms with Crippen molar-refractivity contribution in [2.45, 2.75) is 32.2 Å². The van der Waals surface area contributed by atoms with Gasteiger partial charge in [0.25, 0.3) is 0 Å². The zero-order valence-electron chi connectivity index (χ0n) is 15.4. The molecule has 9 heteroatoms. The lowest BCUT2D eigenvalue weighted by Gasteiger charge is -2.32. The highest BCUT2D eigenvalue weighted by Crippen LogP contribution is 2.11. The Morgan fingerprint density at radius 3 is 2.56 bits per heavy atom. The van der Waals surface area contributed by atoms with Crippen molar-refractivity contribution in [2.75, 3.05) is 53.6 Å². The molecule has 144 valence electrons. The quantitative estimate of drug-likeness (QED) is 0.395. The molecule has 0 unspecified atom stereocenters. The number of alkyl halides is 1. The Kier molecular flexibility index (Phi) is 9.64. The maximum absolute atomic E-state index is 12.3. The highest BCUT2D eigenvalue weighted by molar-refractivity contribution is 5.85. The first-order valence-electron chi connectivity index (χ1n) is 8.70. The number of hydrogen-bond donors (Lipinski definition) is 2. The number of halogens is 1. The molecule has 0 bridgehead atoms. The third-order valence-electron chi connectivity index (χ3n) is 3.84. The number of carbonyl (C=O) groups excluding carboxylic acids is 2. The van der Waals surface area contributed by atoms with E-state index in [1.165, 1.54) is 4.90 Å². The minimum absolute atomic E-state index is 0.0274. The van der Waals surface area contributed by atoms with Crippen LogP contribution in [0.3, 0.4) is 0 Å². The molecule has 0 atom stereocenters. The molecule has 25 heavy (non-hydrogen) atoms. The van der Waals surface area contributed by atoms with Gasteiger partial charge in [0.1, 0.15) is 6.54 Å². The fourth-order valence-corrected chi connectivity index (χ4v) is 2.33. The van der Waals surface area contributed by atoms with Crippen molar-refractivity contribution >= 4 is 18.0 Å². The molecule has 0 aromatic carbocycles. The maximum atomic E-state index is 12.3. The van der Waals surface area contributed by atoms with Gasteiger partial charge in [0.2, 0.25) is 5.91 Å². The van der Waals surface area contributed by atoms with Crippen LogP contribution >= 0.6 is 0 Å². The summed E-state index contributed by atoms with van der Waals surface area (Å²) in [6.45, 7) is 3.42. The van der Waals surface area contributed by atoms with Gasteiger partial charge in [-0.1, -0.05) is 0 Å². The number of hydrogen-bond acceptors (Lipinski definition) is 4. The van der Waals surface area contributed by atoms with E-state index in [9.17, 15) is 14.0 Å². The van der Waals surface area contributed by atoms with Crippen LogP contribution < -0.4 is 10.6 Å². The Hall–Kier alpha value is -2.06. The number of piperidine rings is 1. The summed E-state index contributed by atoms with van der Waals surface area (Å²) < 4.78 is 17.3. The number of likely N-dealkylation sites (N-methyl/N-ethyl adjacent to an activating group) is 1. The van der Waals surface area contributed by atoms with E-state index in [0.717, 1.165) is 12.8 Å². The standard InChI is InChI=1S/C16H30FN5O3/c1-4-25-16(24)22-10-6-13(7-11-22)20-15(18-9-5-8-17)19-12-14(23)21(2)3/h13H,4-12H2,1-3H3,(H2,18,19,20). The number of amides is 2. The Morgan fingerprint density at radius 1 is 1.32 bits per heavy atom. The summed E-state index contributed by atoms with van der Waals surface area (Å²) in [6, 6.07) is 0.136. The molecule has 1 rings (SSSR count). The number of likely N-dealkylation sites (tertiary alicyclic amines) is 1. The normalized spacial score (nSPS) is 15.7. The van der Waals surface area contributed by atoms with E-state index in [1.54, 1.807) is 25.9 Å². The van der Waals surface area contributed by atoms with Gasteiger partial charge < -0.3 is 25.2 Å². The topological polar surface area (TPSA) is 86.3 Å². The fraction of sp³-hybridized carbons (Fsp3) is 0.812. The molecule has 0 aromatic heterocycles. The van der Waals surface area contributed by atoms with Crippen LogP contribution in [0, 0.1) is 0 Å². The SMILES string of the molecule is CCOC(=O)N1CCC(NC(=NCC(=O)N(C)C)NCCCF)CC1. The largest absolute Gasteiger partial charge is 0.450 e. The maximum Gasteiger partial charge on any atom is 0.409 e. The van der Waals surface area contributed by atoms with Crippen LogP contribution in [0.1, 0.15) is 26.2 Å². The Labute approximate surface area is 148 Å². The number of nitrogens with one attached hydrogen (secondary N) is 2. The summed E-state index contributed by atoms with van der Waals surface area (Å²) >= 11 is 0. The number of nitrogens with zero attached hydrogens (tertiary/aromatic N) is 3. The van der Waals surface area contributed by atoms with Crippen LogP contribution in [0.15, 0.2) is 4.99 Å². The molecular formula is C16H30FN5O3. The number of ether oxygens (including phenoxy) is 1. The van der Waals surface area contributed by atoms with E-state index < -0.39 is 6.67 Å². The zero-order chi connectivity index (χ0) is 18.7. The first-order chi connectivity index (χ1) is 12.0. The van der Waals surface area contributed by atoms with Gasteiger partial charge in [-0.05, 0) is 26.2 Å². The molecule has 1 aliphatic heterocycles. The molecule has 0 aromatic rings. The molecule has 8 nitrogen and oxygen atoms in total.